The molecule has 0 radical (unpaired) electrons. The Kier molecular flexibility index (Phi) is 5.23. The molecule has 1 saturated heterocycles. The molecule has 1 aliphatic rings. The molecule has 0 saturated carbocycles. The second-order valence-electron chi connectivity index (χ2n) is 4.33. The van der Waals surface area contributed by atoms with Crippen LogP contribution in [0.15, 0.2) is 0 Å². The Morgan fingerprint density at radius 1 is 1.69 bits per heavy atom. The normalized spacial score (nSPS) is 26.1. The van der Waals surface area contributed by atoms with Crippen molar-refractivity contribution in [2.24, 2.45) is 5.92 Å². The second kappa shape index (κ2) is 6.46. The minimum Gasteiger partial charge on any atom is -0.392 e. The number of aliphatic hydroxyl groups excluding tert-OH is 1. The van der Waals surface area contributed by atoms with Crippen LogP contribution in [0.5, 0.6) is 0 Å². The van der Waals surface area contributed by atoms with E-state index in [4.69, 9.17) is 5.26 Å². The zero-order valence-corrected chi connectivity index (χ0v) is 9.65. The maximum atomic E-state index is 11.4. The number of carbonyl (C=O) groups excluding carboxylic acids is 1. The number of aliphatic hydroxyl groups is 1. The van der Waals surface area contributed by atoms with Gasteiger partial charge < -0.3 is 10.4 Å². The molecule has 2 unspecified atom stereocenters. The molecule has 1 rings (SSSR count). The molecular weight excluding hydrogens is 206 g/mol. The van der Waals surface area contributed by atoms with E-state index in [0.717, 1.165) is 13.0 Å². The van der Waals surface area contributed by atoms with E-state index >= 15 is 0 Å². The number of nitrogens with zero attached hydrogens (tertiary/aromatic N) is 2. The molecule has 0 aromatic rings. The molecule has 2 atom stereocenters. The van der Waals surface area contributed by atoms with Crippen molar-refractivity contribution in [3.63, 3.8) is 0 Å². The Labute approximate surface area is 96.0 Å². The number of nitriles is 1. The van der Waals surface area contributed by atoms with Crippen molar-refractivity contribution >= 4 is 5.91 Å². The maximum Gasteiger partial charge on any atom is 0.234 e. The lowest BCUT2D eigenvalue weighted by atomic mass is 9.96. The largest absolute Gasteiger partial charge is 0.392 e. The summed E-state index contributed by atoms with van der Waals surface area (Å²) in [7, 11) is 0. The number of amides is 1. The highest BCUT2D eigenvalue weighted by molar-refractivity contribution is 5.78. The molecule has 0 aromatic heterocycles. The molecule has 1 amide bonds. The Morgan fingerprint density at radius 2 is 2.44 bits per heavy atom. The van der Waals surface area contributed by atoms with Gasteiger partial charge in [0.15, 0.2) is 0 Å². The first kappa shape index (κ1) is 12.9. The number of likely N-dealkylation sites (tertiary alicyclic amines) is 1. The summed E-state index contributed by atoms with van der Waals surface area (Å²) in [5.41, 5.74) is 0. The van der Waals surface area contributed by atoms with E-state index in [1.54, 1.807) is 0 Å². The van der Waals surface area contributed by atoms with Crippen LogP contribution in [0.25, 0.3) is 0 Å². The van der Waals surface area contributed by atoms with Crippen molar-refractivity contribution < 1.29 is 9.90 Å². The Bertz CT molecular complexity index is 275. The fraction of sp³-hybridized carbons (Fsp3) is 0.818. The SMILES string of the molecule is CC1CCN(CC(=O)NCCC#N)CC1O. The zero-order valence-electron chi connectivity index (χ0n) is 9.65. The van der Waals surface area contributed by atoms with Gasteiger partial charge in [0.25, 0.3) is 0 Å². The van der Waals surface area contributed by atoms with E-state index < -0.39 is 0 Å². The third kappa shape index (κ3) is 4.17. The molecule has 0 spiro atoms. The highest BCUT2D eigenvalue weighted by Crippen LogP contribution is 2.16. The molecule has 5 heteroatoms. The van der Waals surface area contributed by atoms with Crippen molar-refractivity contribution in [1.29, 1.82) is 5.26 Å². The Morgan fingerprint density at radius 3 is 3.06 bits per heavy atom. The molecule has 16 heavy (non-hydrogen) atoms. The molecule has 2 N–H and O–H groups in total. The number of piperidine rings is 1. The predicted octanol–water partition coefficient (Wildman–Crippen LogP) is -0.281. The first-order valence-electron chi connectivity index (χ1n) is 5.67. The van der Waals surface area contributed by atoms with Gasteiger partial charge in [-0.25, -0.2) is 0 Å². The Balaban J connectivity index is 2.22. The summed E-state index contributed by atoms with van der Waals surface area (Å²) < 4.78 is 0. The van der Waals surface area contributed by atoms with E-state index in [1.165, 1.54) is 0 Å². The van der Waals surface area contributed by atoms with Crippen molar-refractivity contribution in [2.75, 3.05) is 26.2 Å². The van der Waals surface area contributed by atoms with Crippen molar-refractivity contribution in [1.82, 2.24) is 10.2 Å². The van der Waals surface area contributed by atoms with E-state index in [2.05, 4.69) is 5.32 Å². The van der Waals surface area contributed by atoms with Crippen LogP contribution in [-0.4, -0.2) is 48.2 Å². The highest BCUT2D eigenvalue weighted by atomic mass is 16.3. The molecule has 90 valence electrons. The zero-order chi connectivity index (χ0) is 12.0. The van der Waals surface area contributed by atoms with Crippen LogP contribution >= 0.6 is 0 Å². The molecule has 0 aromatic carbocycles. The van der Waals surface area contributed by atoms with Crippen LogP contribution in [-0.2, 0) is 4.79 Å². The first-order valence-corrected chi connectivity index (χ1v) is 5.67. The minimum absolute atomic E-state index is 0.0722. The fourth-order valence-electron chi connectivity index (χ4n) is 1.77. The van der Waals surface area contributed by atoms with Crippen molar-refractivity contribution in [3.05, 3.63) is 0 Å². The van der Waals surface area contributed by atoms with Gasteiger partial charge in [-0.3, -0.25) is 9.69 Å². The predicted molar refractivity (Wildman–Crippen MR) is 59.5 cm³/mol. The van der Waals surface area contributed by atoms with E-state index in [9.17, 15) is 9.90 Å². The average molecular weight is 225 g/mol. The number of β-amino-alcohol motifs (C(OH)–C–C–N with tert-alkyl or cyclic N) is 1. The van der Waals surface area contributed by atoms with Crippen LogP contribution in [0.4, 0.5) is 0 Å². The summed E-state index contributed by atoms with van der Waals surface area (Å²) in [5.74, 6) is 0.245. The van der Waals surface area contributed by atoms with E-state index in [1.807, 2.05) is 17.9 Å². The molecule has 0 bridgehead atoms. The van der Waals surface area contributed by atoms with Crippen LogP contribution in [0.2, 0.25) is 0 Å². The van der Waals surface area contributed by atoms with Gasteiger partial charge in [0, 0.05) is 13.1 Å². The molecule has 5 nitrogen and oxygen atoms in total. The molecule has 1 heterocycles. The van der Waals surface area contributed by atoms with Gasteiger partial charge in [-0.1, -0.05) is 6.92 Å². The number of nitrogens with one attached hydrogen (secondary N) is 1. The Hall–Kier alpha value is -1.12. The van der Waals surface area contributed by atoms with Crippen LogP contribution in [0.3, 0.4) is 0 Å². The second-order valence-corrected chi connectivity index (χ2v) is 4.33. The fourth-order valence-corrected chi connectivity index (χ4v) is 1.77. The van der Waals surface area contributed by atoms with Gasteiger partial charge in [0.05, 0.1) is 25.1 Å². The molecule has 1 fully saturated rings. The lowest BCUT2D eigenvalue weighted by Gasteiger charge is -2.33. The highest BCUT2D eigenvalue weighted by Gasteiger charge is 2.25. The summed E-state index contributed by atoms with van der Waals surface area (Å²) in [6.45, 7) is 4.16. The number of hydrogen-bond donors (Lipinski definition) is 2. The average Bonchev–Trinajstić information content (AvgIpc) is 2.24. The summed E-state index contributed by atoms with van der Waals surface area (Å²) in [4.78, 5) is 13.4. The molecule has 1 aliphatic heterocycles. The number of carbonyl (C=O) groups is 1. The summed E-state index contributed by atoms with van der Waals surface area (Å²) in [5, 5.41) is 20.7. The topological polar surface area (TPSA) is 76.4 Å². The van der Waals surface area contributed by atoms with Crippen molar-refractivity contribution in [3.8, 4) is 6.07 Å². The number of hydrogen-bond acceptors (Lipinski definition) is 4. The van der Waals surface area contributed by atoms with Crippen LogP contribution in [0, 0.1) is 17.2 Å². The standard InChI is InChI=1S/C11H19N3O2/c1-9-3-6-14(7-10(9)15)8-11(16)13-5-2-4-12/h9-10,15H,2-3,5-8H2,1H3,(H,13,16). The van der Waals surface area contributed by atoms with Gasteiger partial charge in [-0.05, 0) is 18.9 Å². The summed E-state index contributed by atoms with van der Waals surface area (Å²) >= 11 is 0. The monoisotopic (exact) mass is 225 g/mol. The summed E-state index contributed by atoms with van der Waals surface area (Å²) in [6.07, 6.45) is 0.929. The van der Waals surface area contributed by atoms with Crippen molar-refractivity contribution in [2.45, 2.75) is 25.9 Å². The third-order valence-electron chi connectivity index (χ3n) is 2.93. The minimum atomic E-state index is -0.333. The first-order chi connectivity index (χ1) is 7.63. The molecular formula is C11H19N3O2. The van der Waals surface area contributed by atoms with E-state index in [0.29, 0.717) is 32.0 Å². The van der Waals surface area contributed by atoms with Gasteiger partial charge in [0.1, 0.15) is 0 Å². The maximum absolute atomic E-state index is 11.4. The van der Waals surface area contributed by atoms with Crippen LogP contribution in [0.1, 0.15) is 19.8 Å². The van der Waals surface area contributed by atoms with E-state index in [-0.39, 0.29) is 12.0 Å². The summed E-state index contributed by atoms with van der Waals surface area (Å²) in [6, 6.07) is 1.97. The van der Waals surface area contributed by atoms with Gasteiger partial charge in [-0.15, -0.1) is 0 Å². The smallest absolute Gasteiger partial charge is 0.234 e. The lowest BCUT2D eigenvalue weighted by molar-refractivity contribution is -0.123. The van der Waals surface area contributed by atoms with Crippen LogP contribution < -0.4 is 5.32 Å². The lowest BCUT2D eigenvalue weighted by Crippen LogP contribution is -2.47. The quantitative estimate of drug-likeness (QED) is 0.645. The van der Waals surface area contributed by atoms with Gasteiger partial charge in [-0.2, -0.15) is 5.26 Å². The number of rotatable bonds is 4. The molecule has 0 aliphatic carbocycles. The third-order valence-corrected chi connectivity index (χ3v) is 2.93. The van der Waals surface area contributed by atoms with Gasteiger partial charge >= 0.3 is 0 Å². The van der Waals surface area contributed by atoms with Gasteiger partial charge in [0.2, 0.25) is 5.91 Å².